The second kappa shape index (κ2) is 8.10. The summed E-state index contributed by atoms with van der Waals surface area (Å²) < 4.78 is 8.82. The van der Waals surface area contributed by atoms with Crippen LogP contribution in [0.3, 0.4) is 0 Å². The van der Waals surface area contributed by atoms with Crippen LogP contribution in [0.1, 0.15) is 13.8 Å². The maximum Gasteiger partial charge on any atom is 0.278 e. The summed E-state index contributed by atoms with van der Waals surface area (Å²) in [5.41, 5.74) is 3.45. The van der Waals surface area contributed by atoms with E-state index < -0.39 is 0 Å². The number of nitrogens with zero attached hydrogens (tertiary/aromatic N) is 3. The van der Waals surface area contributed by atoms with Crippen molar-refractivity contribution in [2.75, 3.05) is 19.5 Å². The zero-order valence-electron chi connectivity index (χ0n) is 15.7. The molecule has 2 heterocycles. The van der Waals surface area contributed by atoms with Gasteiger partial charge in [-0.25, -0.2) is 4.98 Å². The van der Waals surface area contributed by atoms with Gasteiger partial charge in [-0.1, -0.05) is 55.9 Å². The number of hydrogen-bond donors (Lipinski definition) is 0. The van der Waals surface area contributed by atoms with Gasteiger partial charge in [0.2, 0.25) is 0 Å². The van der Waals surface area contributed by atoms with Crippen molar-refractivity contribution < 1.29 is 4.74 Å². The van der Waals surface area contributed by atoms with E-state index in [2.05, 4.69) is 13.8 Å². The Morgan fingerprint density at radius 3 is 2.62 bits per heavy atom. The van der Waals surface area contributed by atoms with Crippen molar-refractivity contribution in [3.8, 4) is 11.1 Å². The van der Waals surface area contributed by atoms with Gasteiger partial charge in [-0.15, -0.1) is 0 Å². The van der Waals surface area contributed by atoms with Crippen molar-refractivity contribution in [3.05, 3.63) is 46.9 Å². The second-order valence-electron chi connectivity index (χ2n) is 6.77. The molecule has 2 aromatic heterocycles. The Labute approximate surface area is 158 Å². The summed E-state index contributed by atoms with van der Waals surface area (Å²) in [6.45, 7) is 5.32. The first-order valence-corrected chi connectivity index (χ1v) is 9.78. The summed E-state index contributed by atoms with van der Waals surface area (Å²) in [5, 5.41) is 0.761. The van der Waals surface area contributed by atoms with Crippen LogP contribution in [-0.4, -0.2) is 33.6 Å². The van der Waals surface area contributed by atoms with Gasteiger partial charge in [-0.05, 0) is 11.5 Å². The molecule has 0 saturated carbocycles. The fourth-order valence-electron chi connectivity index (χ4n) is 2.91. The largest absolute Gasteiger partial charge is 0.383 e. The molecule has 3 aromatic rings. The molecule has 0 unspecified atom stereocenters. The summed E-state index contributed by atoms with van der Waals surface area (Å²) >= 11 is 1.63. The minimum absolute atomic E-state index is 0.0111. The van der Waals surface area contributed by atoms with E-state index in [0.717, 1.165) is 27.6 Å². The van der Waals surface area contributed by atoms with Gasteiger partial charge in [-0.2, -0.15) is 0 Å². The highest BCUT2D eigenvalue weighted by atomic mass is 32.2. The van der Waals surface area contributed by atoms with Crippen molar-refractivity contribution in [3.63, 3.8) is 0 Å². The zero-order chi connectivity index (χ0) is 18.7. The first kappa shape index (κ1) is 18.7. The van der Waals surface area contributed by atoms with E-state index in [1.807, 2.05) is 48.1 Å². The van der Waals surface area contributed by atoms with Crippen molar-refractivity contribution in [2.24, 2.45) is 13.0 Å². The molecule has 1 aromatic carbocycles. The van der Waals surface area contributed by atoms with Gasteiger partial charge >= 0.3 is 0 Å². The molecule has 0 fully saturated rings. The second-order valence-corrected chi connectivity index (χ2v) is 7.75. The van der Waals surface area contributed by atoms with Crippen LogP contribution in [0.4, 0.5) is 0 Å². The van der Waals surface area contributed by atoms with Crippen LogP contribution in [0.5, 0.6) is 0 Å². The highest BCUT2D eigenvalue weighted by Crippen LogP contribution is 2.29. The Bertz CT molecular complexity index is 945. The Balaban J connectivity index is 2.21. The van der Waals surface area contributed by atoms with Gasteiger partial charge in [0, 0.05) is 31.7 Å². The number of aromatic nitrogens is 3. The van der Waals surface area contributed by atoms with E-state index in [1.165, 1.54) is 0 Å². The van der Waals surface area contributed by atoms with Crippen LogP contribution in [-0.2, 0) is 18.3 Å². The number of hydrogen-bond acceptors (Lipinski definition) is 4. The van der Waals surface area contributed by atoms with E-state index >= 15 is 0 Å². The molecule has 0 N–H and O–H groups in total. The molecular formula is C20H25N3O2S. The van der Waals surface area contributed by atoms with Crippen LogP contribution in [0.2, 0.25) is 0 Å². The van der Waals surface area contributed by atoms with Crippen LogP contribution < -0.4 is 5.56 Å². The first-order valence-electron chi connectivity index (χ1n) is 8.80. The minimum Gasteiger partial charge on any atom is -0.383 e. The third-order valence-electron chi connectivity index (χ3n) is 4.19. The number of ether oxygens (including phenoxy) is 1. The fraction of sp³-hybridized carbons (Fsp3) is 0.400. The Hall–Kier alpha value is -2.05. The molecule has 6 heteroatoms. The van der Waals surface area contributed by atoms with Gasteiger partial charge in [0.15, 0.2) is 5.16 Å². The number of rotatable bonds is 7. The maximum absolute atomic E-state index is 13.2. The van der Waals surface area contributed by atoms with E-state index in [9.17, 15) is 4.79 Å². The molecule has 0 aliphatic heterocycles. The molecule has 0 aliphatic rings. The highest BCUT2D eigenvalue weighted by molar-refractivity contribution is 7.99. The molecule has 0 aliphatic carbocycles. The molecule has 0 saturated heterocycles. The number of methoxy groups -OCH3 is 1. The summed E-state index contributed by atoms with van der Waals surface area (Å²) in [6, 6.07) is 10.1. The average Bonchev–Trinajstić information content (AvgIpc) is 2.96. The van der Waals surface area contributed by atoms with Gasteiger partial charge in [0.05, 0.1) is 13.2 Å². The lowest BCUT2D eigenvalue weighted by molar-refractivity contribution is 0.183. The first-order chi connectivity index (χ1) is 12.5. The van der Waals surface area contributed by atoms with Crippen LogP contribution in [0, 0.1) is 5.92 Å². The molecule has 0 bridgehead atoms. The van der Waals surface area contributed by atoms with Crippen molar-refractivity contribution in [1.82, 2.24) is 14.1 Å². The normalized spacial score (nSPS) is 11.6. The molecular weight excluding hydrogens is 346 g/mol. The van der Waals surface area contributed by atoms with Crippen molar-refractivity contribution >= 4 is 22.8 Å². The third kappa shape index (κ3) is 3.71. The summed E-state index contributed by atoms with van der Waals surface area (Å²) in [4.78, 5) is 18.1. The zero-order valence-corrected chi connectivity index (χ0v) is 16.5. The lowest BCUT2D eigenvalue weighted by atomic mass is 10.1. The quantitative estimate of drug-likeness (QED) is 0.468. The average molecular weight is 372 g/mol. The molecule has 0 radical (unpaired) electrons. The van der Waals surface area contributed by atoms with Crippen molar-refractivity contribution in [1.29, 1.82) is 0 Å². The predicted octanol–water partition coefficient (Wildman–Crippen LogP) is 3.80. The van der Waals surface area contributed by atoms with Gasteiger partial charge in [0.25, 0.3) is 5.56 Å². The number of thioether (sulfide) groups is 1. The maximum atomic E-state index is 13.2. The third-order valence-corrected chi connectivity index (χ3v) is 5.59. The fourth-order valence-corrected chi connectivity index (χ4v) is 3.88. The number of fused-ring (bicyclic) bond motifs is 1. The van der Waals surface area contributed by atoms with Gasteiger partial charge in [0.1, 0.15) is 11.0 Å². The standard InChI is InChI=1S/C20H25N3O2S/c1-14(2)13-26-20-21-17-16(15-8-6-5-7-9-15)12-22(3)18(17)19(24)23(20)10-11-25-4/h5-9,12,14H,10-11,13H2,1-4H3. The molecule has 138 valence electrons. The van der Waals surface area contributed by atoms with Gasteiger partial charge < -0.3 is 9.30 Å². The molecule has 3 rings (SSSR count). The molecule has 0 atom stereocenters. The van der Waals surface area contributed by atoms with E-state index in [1.54, 1.807) is 23.4 Å². The molecule has 0 spiro atoms. The Kier molecular flexibility index (Phi) is 5.84. The topological polar surface area (TPSA) is 49.0 Å². The minimum atomic E-state index is -0.0111. The lowest BCUT2D eigenvalue weighted by Crippen LogP contribution is -2.26. The lowest BCUT2D eigenvalue weighted by Gasteiger charge is -2.13. The van der Waals surface area contributed by atoms with Gasteiger partial charge in [-0.3, -0.25) is 9.36 Å². The monoisotopic (exact) mass is 371 g/mol. The Morgan fingerprint density at radius 1 is 1.23 bits per heavy atom. The van der Waals surface area contributed by atoms with E-state index in [4.69, 9.17) is 9.72 Å². The molecule has 5 nitrogen and oxygen atoms in total. The predicted molar refractivity (Wildman–Crippen MR) is 108 cm³/mol. The number of benzene rings is 1. The van der Waals surface area contributed by atoms with E-state index in [0.29, 0.717) is 24.6 Å². The Morgan fingerprint density at radius 2 is 1.96 bits per heavy atom. The highest BCUT2D eigenvalue weighted by Gasteiger charge is 2.18. The van der Waals surface area contributed by atoms with Crippen molar-refractivity contribution in [2.45, 2.75) is 25.5 Å². The van der Waals surface area contributed by atoms with Crippen LogP contribution >= 0.6 is 11.8 Å². The number of aryl methyl sites for hydroxylation is 1. The molecule has 0 amide bonds. The van der Waals surface area contributed by atoms with E-state index in [-0.39, 0.29) is 5.56 Å². The summed E-state index contributed by atoms with van der Waals surface area (Å²) in [7, 11) is 3.55. The summed E-state index contributed by atoms with van der Waals surface area (Å²) in [5.74, 6) is 1.44. The van der Waals surface area contributed by atoms with Crippen LogP contribution in [0.25, 0.3) is 22.2 Å². The summed E-state index contributed by atoms with van der Waals surface area (Å²) in [6.07, 6.45) is 1.99. The van der Waals surface area contributed by atoms with Crippen LogP contribution in [0.15, 0.2) is 46.5 Å². The smallest absolute Gasteiger partial charge is 0.278 e. The SMILES string of the molecule is COCCn1c(SCC(C)C)nc2c(-c3ccccc3)cn(C)c2c1=O. The molecule has 26 heavy (non-hydrogen) atoms.